The number of aromatic nitrogens is 3. The molecule has 4 heteroatoms. The lowest BCUT2D eigenvalue weighted by Crippen LogP contribution is -2.17. The lowest BCUT2D eigenvalue weighted by atomic mass is 9.80. The van der Waals surface area contributed by atoms with Gasteiger partial charge in [-0.25, -0.2) is 15.0 Å². The Morgan fingerprint density at radius 1 is 0.328 bits per heavy atom. The van der Waals surface area contributed by atoms with E-state index in [1.165, 1.54) is 33.4 Å². The second-order valence-corrected chi connectivity index (χ2v) is 17.2. The normalized spacial score (nSPS) is 12.7. The maximum Gasteiger partial charge on any atom is 0.164 e. The Balaban J connectivity index is 1.02. The van der Waals surface area contributed by atoms with Gasteiger partial charge in [-0.1, -0.05) is 184 Å². The molecule has 2 heterocycles. The average Bonchev–Trinajstić information content (AvgIpc) is 3.86. The van der Waals surface area contributed by atoms with Crippen molar-refractivity contribution in [3.63, 3.8) is 0 Å². The molecule has 0 spiro atoms. The summed E-state index contributed by atoms with van der Waals surface area (Å²) < 4.78 is 6.69. The summed E-state index contributed by atoms with van der Waals surface area (Å²) >= 11 is 0. The van der Waals surface area contributed by atoms with Crippen LogP contribution in [0.1, 0.15) is 25.0 Å². The number of benzene rings is 9. The van der Waals surface area contributed by atoms with Crippen LogP contribution in [-0.4, -0.2) is 15.0 Å². The maximum atomic E-state index is 6.69. The molecule has 0 atom stereocenters. The lowest BCUT2D eigenvalue weighted by Gasteiger charge is -2.24. The number of furan rings is 1. The molecule has 1 aliphatic rings. The molecule has 302 valence electrons. The Bertz CT molecular complexity index is 3570. The number of hydrogen-bond donors (Lipinski definition) is 0. The van der Waals surface area contributed by atoms with Gasteiger partial charge < -0.3 is 4.42 Å². The van der Waals surface area contributed by atoms with E-state index in [0.717, 1.165) is 72.0 Å². The molecule has 0 saturated heterocycles. The summed E-state index contributed by atoms with van der Waals surface area (Å²) in [4.78, 5) is 15.9. The van der Waals surface area contributed by atoms with Gasteiger partial charge in [0.1, 0.15) is 11.2 Å². The van der Waals surface area contributed by atoms with Crippen LogP contribution in [0.3, 0.4) is 0 Å². The molecule has 64 heavy (non-hydrogen) atoms. The minimum absolute atomic E-state index is 0.245. The highest BCUT2D eigenvalue weighted by atomic mass is 16.3. The first-order valence-corrected chi connectivity index (χ1v) is 21.8. The van der Waals surface area contributed by atoms with E-state index in [1.54, 1.807) is 0 Å². The van der Waals surface area contributed by atoms with Gasteiger partial charge in [0.2, 0.25) is 0 Å². The summed E-state index contributed by atoms with van der Waals surface area (Å²) in [7, 11) is 0. The van der Waals surface area contributed by atoms with Crippen LogP contribution >= 0.6 is 0 Å². The van der Waals surface area contributed by atoms with Gasteiger partial charge in [0.15, 0.2) is 17.5 Å². The highest BCUT2D eigenvalue weighted by Gasteiger charge is 2.38. The molecule has 4 nitrogen and oxygen atoms in total. The Morgan fingerprint density at radius 3 is 1.59 bits per heavy atom. The summed E-state index contributed by atoms with van der Waals surface area (Å²) in [6.07, 6.45) is 0. The summed E-state index contributed by atoms with van der Waals surface area (Å²) in [6, 6.07) is 74.9. The van der Waals surface area contributed by atoms with E-state index >= 15 is 0 Å². The quantitative estimate of drug-likeness (QED) is 0.161. The van der Waals surface area contributed by atoms with Crippen molar-refractivity contribution in [2.45, 2.75) is 19.3 Å². The van der Waals surface area contributed by atoms with Crippen LogP contribution in [0.15, 0.2) is 217 Å². The minimum Gasteiger partial charge on any atom is -0.456 e. The zero-order chi connectivity index (χ0) is 42.8. The highest BCUT2D eigenvalue weighted by Crippen LogP contribution is 2.52. The van der Waals surface area contributed by atoms with Gasteiger partial charge in [0, 0.05) is 32.9 Å². The van der Waals surface area contributed by atoms with Crippen LogP contribution in [0, 0.1) is 0 Å². The zero-order valence-electron chi connectivity index (χ0n) is 35.5. The summed E-state index contributed by atoms with van der Waals surface area (Å²) in [5, 5.41) is 2.19. The van der Waals surface area contributed by atoms with Crippen molar-refractivity contribution in [2.75, 3.05) is 0 Å². The minimum atomic E-state index is -0.245. The number of fused-ring (bicyclic) bond motifs is 6. The van der Waals surface area contributed by atoms with E-state index < -0.39 is 0 Å². The Hall–Kier alpha value is -8.21. The fourth-order valence-electron chi connectivity index (χ4n) is 9.84. The van der Waals surface area contributed by atoms with Gasteiger partial charge in [-0.05, 0) is 109 Å². The third-order valence-electron chi connectivity index (χ3n) is 12.9. The molecule has 0 amide bonds. The maximum absolute atomic E-state index is 6.69. The van der Waals surface area contributed by atoms with Crippen LogP contribution in [0.25, 0.3) is 112 Å². The molecule has 11 aromatic rings. The van der Waals surface area contributed by atoms with E-state index in [2.05, 4.69) is 208 Å². The van der Waals surface area contributed by atoms with Crippen LogP contribution in [0.2, 0.25) is 0 Å². The monoisotopic (exact) mass is 819 g/mol. The average molecular weight is 820 g/mol. The van der Waals surface area contributed by atoms with E-state index in [0.29, 0.717) is 17.5 Å². The molecule has 0 aliphatic heterocycles. The van der Waals surface area contributed by atoms with Crippen molar-refractivity contribution >= 4 is 21.9 Å². The van der Waals surface area contributed by atoms with Crippen molar-refractivity contribution in [3.8, 4) is 89.8 Å². The first-order valence-electron chi connectivity index (χ1n) is 21.8. The van der Waals surface area contributed by atoms with Crippen LogP contribution in [0.4, 0.5) is 0 Å². The Kier molecular flexibility index (Phi) is 8.80. The van der Waals surface area contributed by atoms with Gasteiger partial charge in [-0.3, -0.25) is 0 Å². The highest BCUT2D eigenvalue weighted by molar-refractivity contribution is 6.13. The summed E-state index contributed by atoms with van der Waals surface area (Å²) in [5.41, 5.74) is 18.3. The predicted octanol–water partition coefficient (Wildman–Crippen LogP) is 15.7. The third kappa shape index (κ3) is 6.34. The zero-order valence-corrected chi connectivity index (χ0v) is 35.5. The standard InChI is InChI=1S/C60H41N3O/c1-60(2)52-29-13-12-25-48(52)49-27-15-28-51(56(49)60)59-62-57(40-21-10-5-11-22-40)61-58(63-59)46-35-44(39-19-8-4-9-20-39)34-45(36-46)42-31-32-50-54(37-42)64-53-30-16-26-47(55(50)53)43-24-14-23-41(33-43)38-17-6-3-7-18-38/h3-37H,1-2H3. The predicted molar refractivity (Wildman–Crippen MR) is 263 cm³/mol. The molecule has 0 N–H and O–H groups in total. The van der Waals surface area contributed by atoms with E-state index in [9.17, 15) is 0 Å². The number of nitrogens with zero attached hydrogens (tertiary/aromatic N) is 3. The lowest BCUT2D eigenvalue weighted by molar-refractivity contribution is 0.661. The van der Waals surface area contributed by atoms with Crippen molar-refractivity contribution in [1.82, 2.24) is 15.0 Å². The van der Waals surface area contributed by atoms with Gasteiger partial charge in [0.25, 0.3) is 0 Å². The van der Waals surface area contributed by atoms with Gasteiger partial charge >= 0.3 is 0 Å². The Labute approximate surface area is 372 Å². The molecule has 12 rings (SSSR count). The summed E-state index contributed by atoms with van der Waals surface area (Å²) in [5.74, 6) is 1.90. The first kappa shape index (κ1) is 37.5. The van der Waals surface area contributed by atoms with Gasteiger partial charge in [-0.15, -0.1) is 0 Å². The largest absolute Gasteiger partial charge is 0.456 e. The smallest absolute Gasteiger partial charge is 0.164 e. The molecular weight excluding hydrogens is 779 g/mol. The fourth-order valence-corrected chi connectivity index (χ4v) is 9.84. The molecule has 9 aromatic carbocycles. The van der Waals surface area contributed by atoms with E-state index in [1.807, 2.05) is 18.2 Å². The molecule has 0 unspecified atom stereocenters. The SMILES string of the molecule is CC1(C)c2ccccc2-c2cccc(-c3nc(-c4ccccc4)nc(-c4cc(-c5ccccc5)cc(-c5ccc6c(c5)oc5cccc(-c7cccc(-c8ccccc8)c7)c56)c4)n3)c21. The number of rotatable bonds is 7. The van der Waals surface area contributed by atoms with E-state index in [4.69, 9.17) is 19.4 Å². The molecule has 2 aromatic heterocycles. The molecular formula is C60H41N3O. The molecule has 0 radical (unpaired) electrons. The first-order chi connectivity index (χ1) is 31.5. The van der Waals surface area contributed by atoms with Crippen molar-refractivity contribution in [2.24, 2.45) is 0 Å². The number of hydrogen-bond acceptors (Lipinski definition) is 4. The van der Waals surface area contributed by atoms with E-state index in [-0.39, 0.29) is 5.41 Å². The molecule has 1 aliphatic carbocycles. The van der Waals surface area contributed by atoms with Crippen LogP contribution in [0.5, 0.6) is 0 Å². The molecule has 0 fully saturated rings. The second kappa shape index (κ2) is 15.0. The van der Waals surface area contributed by atoms with Crippen molar-refractivity contribution < 1.29 is 4.42 Å². The second-order valence-electron chi connectivity index (χ2n) is 17.2. The van der Waals surface area contributed by atoms with Crippen molar-refractivity contribution in [1.29, 1.82) is 0 Å². The third-order valence-corrected chi connectivity index (χ3v) is 12.9. The summed E-state index contributed by atoms with van der Waals surface area (Å²) in [6.45, 7) is 4.61. The molecule has 0 bridgehead atoms. The van der Waals surface area contributed by atoms with Crippen LogP contribution in [-0.2, 0) is 5.41 Å². The topological polar surface area (TPSA) is 51.8 Å². The van der Waals surface area contributed by atoms with Gasteiger partial charge in [-0.2, -0.15) is 0 Å². The molecule has 0 saturated carbocycles. The Morgan fingerprint density at radius 2 is 0.828 bits per heavy atom. The van der Waals surface area contributed by atoms with Crippen molar-refractivity contribution in [3.05, 3.63) is 223 Å². The fraction of sp³-hybridized carbons (Fsp3) is 0.0500. The van der Waals surface area contributed by atoms with Gasteiger partial charge in [0.05, 0.1) is 0 Å². The van der Waals surface area contributed by atoms with Crippen LogP contribution < -0.4 is 0 Å².